The molecular formula is C13H19FN2O. The fourth-order valence-electron chi connectivity index (χ4n) is 2.14. The van der Waals surface area contributed by atoms with E-state index >= 15 is 0 Å². The molecule has 0 saturated carbocycles. The van der Waals surface area contributed by atoms with Crippen LogP contribution in [-0.4, -0.2) is 30.8 Å². The Balaban J connectivity index is 1.97. The van der Waals surface area contributed by atoms with E-state index < -0.39 is 5.95 Å². The molecule has 1 aliphatic heterocycles. The van der Waals surface area contributed by atoms with Crippen molar-refractivity contribution >= 4 is 5.82 Å². The molecule has 2 rings (SSSR count). The van der Waals surface area contributed by atoms with Gasteiger partial charge in [-0.1, -0.05) is 13.0 Å². The van der Waals surface area contributed by atoms with E-state index in [9.17, 15) is 4.39 Å². The van der Waals surface area contributed by atoms with Crippen LogP contribution in [0.4, 0.5) is 10.2 Å². The van der Waals surface area contributed by atoms with Crippen LogP contribution in [0.5, 0.6) is 0 Å². The highest BCUT2D eigenvalue weighted by atomic mass is 19.1. The predicted molar refractivity (Wildman–Crippen MR) is 65.7 cm³/mol. The molecule has 0 N–H and O–H groups in total. The fourth-order valence-corrected chi connectivity index (χ4v) is 2.14. The van der Waals surface area contributed by atoms with Crippen molar-refractivity contribution in [1.29, 1.82) is 0 Å². The van der Waals surface area contributed by atoms with Crippen molar-refractivity contribution in [3.63, 3.8) is 0 Å². The van der Waals surface area contributed by atoms with Crippen molar-refractivity contribution in [2.45, 2.75) is 32.3 Å². The van der Waals surface area contributed by atoms with Gasteiger partial charge < -0.3 is 9.64 Å². The van der Waals surface area contributed by atoms with Crippen molar-refractivity contribution in [3.05, 3.63) is 24.1 Å². The van der Waals surface area contributed by atoms with Gasteiger partial charge in [-0.3, -0.25) is 0 Å². The van der Waals surface area contributed by atoms with E-state index in [0.29, 0.717) is 0 Å². The van der Waals surface area contributed by atoms with Gasteiger partial charge >= 0.3 is 0 Å². The molecule has 94 valence electrons. The first-order valence-corrected chi connectivity index (χ1v) is 6.28. The number of anilines is 1. The molecule has 1 saturated heterocycles. The van der Waals surface area contributed by atoms with Crippen molar-refractivity contribution in [2.24, 2.45) is 0 Å². The average Bonchev–Trinajstić information content (AvgIpc) is 2.37. The van der Waals surface area contributed by atoms with Crippen LogP contribution in [0.25, 0.3) is 0 Å². The summed E-state index contributed by atoms with van der Waals surface area (Å²) < 4.78 is 18.8. The van der Waals surface area contributed by atoms with E-state index in [0.717, 1.165) is 44.8 Å². The third-order valence-corrected chi connectivity index (χ3v) is 2.96. The second-order valence-corrected chi connectivity index (χ2v) is 4.40. The number of aromatic nitrogens is 1. The summed E-state index contributed by atoms with van der Waals surface area (Å²) in [7, 11) is 0. The number of hydrogen-bond acceptors (Lipinski definition) is 3. The molecule has 0 amide bonds. The quantitative estimate of drug-likeness (QED) is 0.754. The zero-order valence-electron chi connectivity index (χ0n) is 10.2. The minimum atomic E-state index is -0.417. The molecule has 1 aromatic rings. The van der Waals surface area contributed by atoms with Crippen LogP contribution < -0.4 is 4.90 Å². The number of nitrogens with zero attached hydrogens (tertiary/aromatic N) is 2. The first-order valence-electron chi connectivity index (χ1n) is 6.28. The zero-order chi connectivity index (χ0) is 12.1. The van der Waals surface area contributed by atoms with Crippen molar-refractivity contribution in [2.75, 3.05) is 24.6 Å². The predicted octanol–water partition coefficient (Wildman–Crippen LogP) is 2.62. The molecule has 2 heterocycles. The molecule has 4 heteroatoms. The number of halogens is 1. The minimum absolute atomic E-state index is 0.258. The first kappa shape index (κ1) is 12.3. The number of ether oxygens (including phenoxy) is 1. The minimum Gasteiger partial charge on any atom is -0.376 e. The van der Waals surface area contributed by atoms with E-state index in [-0.39, 0.29) is 6.10 Å². The van der Waals surface area contributed by atoms with Gasteiger partial charge in [0, 0.05) is 19.7 Å². The Morgan fingerprint density at radius 2 is 2.41 bits per heavy atom. The summed E-state index contributed by atoms with van der Waals surface area (Å²) in [5.74, 6) is 0.300. The Hall–Kier alpha value is -1.16. The second-order valence-electron chi connectivity index (χ2n) is 4.40. The molecule has 1 unspecified atom stereocenters. The topological polar surface area (TPSA) is 25.4 Å². The largest absolute Gasteiger partial charge is 0.376 e. The smallest absolute Gasteiger partial charge is 0.214 e. The van der Waals surface area contributed by atoms with Crippen molar-refractivity contribution in [1.82, 2.24) is 4.98 Å². The van der Waals surface area contributed by atoms with Crippen LogP contribution >= 0.6 is 0 Å². The van der Waals surface area contributed by atoms with Crippen LogP contribution in [-0.2, 0) is 4.74 Å². The first-order chi connectivity index (χ1) is 8.29. The van der Waals surface area contributed by atoms with E-state index in [1.807, 2.05) is 6.07 Å². The summed E-state index contributed by atoms with van der Waals surface area (Å²) in [6, 6.07) is 4.93. The highest BCUT2D eigenvalue weighted by Crippen LogP contribution is 2.19. The lowest BCUT2D eigenvalue weighted by Crippen LogP contribution is -2.40. The molecule has 1 fully saturated rings. The molecule has 0 bridgehead atoms. The Bertz CT molecular complexity index is 359. The van der Waals surface area contributed by atoms with E-state index in [4.69, 9.17) is 4.74 Å². The maximum atomic E-state index is 13.1. The fraction of sp³-hybridized carbons (Fsp3) is 0.615. The van der Waals surface area contributed by atoms with Gasteiger partial charge in [-0.05, 0) is 31.4 Å². The SMILES string of the molecule is CCCOC1CCCN(c2cccc(F)n2)C1. The Morgan fingerprint density at radius 3 is 3.18 bits per heavy atom. The molecule has 0 aromatic carbocycles. The third-order valence-electron chi connectivity index (χ3n) is 2.96. The summed E-state index contributed by atoms with van der Waals surface area (Å²) in [6.45, 7) is 4.66. The van der Waals surface area contributed by atoms with Gasteiger partial charge in [0.15, 0.2) is 0 Å². The molecule has 17 heavy (non-hydrogen) atoms. The molecule has 1 atom stereocenters. The van der Waals surface area contributed by atoms with Crippen LogP contribution in [0.15, 0.2) is 18.2 Å². The lowest BCUT2D eigenvalue weighted by Gasteiger charge is -2.33. The Kier molecular flexibility index (Phi) is 4.31. The third kappa shape index (κ3) is 3.40. The summed E-state index contributed by atoms with van der Waals surface area (Å²) in [5, 5.41) is 0. The number of hydrogen-bond donors (Lipinski definition) is 0. The van der Waals surface area contributed by atoms with Crippen molar-refractivity contribution in [3.8, 4) is 0 Å². The molecule has 1 aliphatic rings. The van der Waals surface area contributed by atoms with E-state index in [2.05, 4.69) is 16.8 Å². The van der Waals surface area contributed by atoms with Crippen LogP contribution in [0.2, 0.25) is 0 Å². The number of rotatable bonds is 4. The summed E-state index contributed by atoms with van der Waals surface area (Å²) in [5.41, 5.74) is 0. The molecule has 3 nitrogen and oxygen atoms in total. The molecule has 0 aliphatic carbocycles. The molecular weight excluding hydrogens is 219 g/mol. The average molecular weight is 238 g/mol. The van der Waals surface area contributed by atoms with E-state index in [1.54, 1.807) is 6.07 Å². The Labute approximate surface area is 102 Å². The van der Waals surface area contributed by atoms with Crippen LogP contribution in [0.1, 0.15) is 26.2 Å². The highest BCUT2D eigenvalue weighted by Gasteiger charge is 2.21. The molecule has 1 aromatic heterocycles. The normalized spacial score (nSPS) is 20.6. The zero-order valence-corrected chi connectivity index (χ0v) is 10.2. The van der Waals surface area contributed by atoms with Crippen LogP contribution in [0, 0.1) is 5.95 Å². The molecule has 0 radical (unpaired) electrons. The monoisotopic (exact) mass is 238 g/mol. The summed E-state index contributed by atoms with van der Waals surface area (Å²) in [4.78, 5) is 6.02. The van der Waals surface area contributed by atoms with Gasteiger partial charge in [0.2, 0.25) is 5.95 Å². The van der Waals surface area contributed by atoms with Crippen LogP contribution in [0.3, 0.4) is 0 Å². The van der Waals surface area contributed by atoms with Gasteiger partial charge in [0.05, 0.1) is 6.10 Å². The maximum absolute atomic E-state index is 13.1. The summed E-state index contributed by atoms with van der Waals surface area (Å²) in [6.07, 6.45) is 3.46. The molecule has 0 spiro atoms. The van der Waals surface area contributed by atoms with E-state index in [1.165, 1.54) is 6.07 Å². The number of piperidine rings is 1. The number of pyridine rings is 1. The standard InChI is InChI=1S/C13H19FN2O/c1-2-9-17-11-5-4-8-16(10-11)13-7-3-6-12(14)15-13/h3,6-7,11H,2,4-5,8-10H2,1H3. The van der Waals surface area contributed by atoms with Gasteiger partial charge in [-0.15, -0.1) is 0 Å². The second kappa shape index (κ2) is 5.96. The summed E-state index contributed by atoms with van der Waals surface area (Å²) >= 11 is 0. The lowest BCUT2D eigenvalue weighted by molar-refractivity contribution is 0.0439. The maximum Gasteiger partial charge on any atom is 0.214 e. The van der Waals surface area contributed by atoms with Gasteiger partial charge in [0.25, 0.3) is 0 Å². The van der Waals surface area contributed by atoms with Gasteiger partial charge in [0.1, 0.15) is 5.82 Å². The van der Waals surface area contributed by atoms with Crippen molar-refractivity contribution < 1.29 is 9.13 Å². The lowest BCUT2D eigenvalue weighted by atomic mass is 10.1. The van der Waals surface area contributed by atoms with Gasteiger partial charge in [-0.2, -0.15) is 4.39 Å². The highest BCUT2D eigenvalue weighted by molar-refractivity contribution is 5.38. The van der Waals surface area contributed by atoms with Gasteiger partial charge in [-0.25, -0.2) is 4.98 Å². The Morgan fingerprint density at radius 1 is 1.53 bits per heavy atom.